The predicted molar refractivity (Wildman–Crippen MR) is 111 cm³/mol. The van der Waals surface area contributed by atoms with E-state index in [4.69, 9.17) is 0 Å². The van der Waals surface area contributed by atoms with Crippen LogP contribution in [0.25, 0.3) is 0 Å². The van der Waals surface area contributed by atoms with Crippen molar-refractivity contribution in [3.8, 4) is 0 Å². The van der Waals surface area contributed by atoms with Gasteiger partial charge in [-0.05, 0) is 23.8 Å². The van der Waals surface area contributed by atoms with Crippen LogP contribution in [0, 0.1) is 5.92 Å². The van der Waals surface area contributed by atoms with Gasteiger partial charge in [-0.3, -0.25) is 4.72 Å². The Bertz CT molecular complexity index is 859. The molecular weight excluding hydrogens is 378 g/mol. The van der Waals surface area contributed by atoms with Crippen LogP contribution in [0.15, 0.2) is 30.3 Å². The SMILES string of the molecule is CC(C)C[C@H](CO)Nc1nc(CC(C)c2ccccc2)nc(NS(C)(=O)=O)n1. The minimum Gasteiger partial charge on any atom is -0.394 e. The summed E-state index contributed by atoms with van der Waals surface area (Å²) in [4.78, 5) is 12.9. The van der Waals surface area contributed by atoms with E-state index in [1.165, 1.54) is 0 Å². The van der Waals surface area contributed by atoms with Crippen LogP contribution < -0.4 is 10.0 Å². The average Bonchev–Trinajstić information content (AvgIpc) is 2.59. The van der Waals surface area contributed by atoms with E-state index in [1.807, 2.05) is 30.3 Å². The van der Waals surface area contributed by atoms with Gasteiger partial charge in [0, 0.05) is 6.42 Å². The highest BCUT2D eigenvalue weighted by atomic mass is 32.2. The molecular formula is C19H29N5O3S. The van der Waals surface area contributed by atoms with Gasteiger partial charge in [-0.1, -0.05) is 51.1 Å². The molecule has 0 amide bonds. The molecule has 2 rings (SSSR count). The van der Waals surface area contributed by atoms with E-state index in [0.717, 1.165) is 18.2 Å². The second-order valence-corrected chi connectivity index (χ2v) is 9.19. The highest BCUT2D eigenvalue weighted by Gasteiger charge is 2.16. The van der Waals surface area contributed by atoms with Crippen LogP contribution in [0.1, 0.15) is 44.5 Å². The van der Waals surface area contributed by atoms with E-state index in [9.17, 15) is 13.5 Å². The molecule has 0 saturated heterocycles. The number of rotatable bonds is 10. The summed E-state index contributed by atoms with van der Waals surface area (Å²) >= 11 is 0. The molecule has 3 N–H and O–H groups in total. The summed E-state index contributed by atoms with van der Waals surface area (Å²) < 4.78 is 25.6. The van der Waals surface area contributed by atoms with Gasteiger partial charge in [-0.15, -0.1) is 0 Å². The van der Waals surface area contributed by atoms with E-state index in [2.05, 4.69) is 45.8 Å². The van der Waals surface area contributed by atoms with Crippen LogP contribution in [0.2, 0.25) is 0 Å². The van der Waals surface area contributed by atoms with Gasteiger partial charge < -0.3 is 10.4 Å². The Balaban J connectivity index is 2.28. The highest BCUT2D eigenvalue weighted by Crippen LogP contribution is 2.20. The summed E-state index contributed by atoms with van der Waals surface area (Å²) in [5.74, 6) is 1.21. The summed E-state index contributed by atoms with van der Waals surface area (Å²) in [5, 5.41) is 12.7. The smallest absolute Gasteiger partial charge is 0.241 e. The molecule has 2 atom stereocenters. The maximum Gasteiger partial charge on any atom is 0.241 e. The number of nitrogens with one attached hydrogen (secondary N) is 2. The molecule has 9 heteroatoms. The maximum absolute atomic E-state index is 11.6. The van der Waals surface area contributed by atoms with Crippen molar-refractivity contribution >= 4 is 21.9 Å². The van der Waals surface area contributed by atoms with E-state index in [-0.39, 0.29) is 30.5 Å². The van der Waals surface area contributed by atoms with Gasteiger partial charge in [0.05, 0.1) is 18.9 Å². The molecule has 1 aromatic carbocycles. The third-order valence-electron chi connectivity index (χ3n) is 4.13. The fourth-order valence-corrected chi connectivity index (χ4v) is 3.31. The lowest BCUT2D eigenvalue weighted by Crippen LogP contribution is -2.27. The minimum absolute atomic E-state index is 0.0310. The molecule has 0 aliphatic rings. The molecule has 1 heterocycles. The van der Waals surface area contributed by atoms with Crippen LogP contribution in [0.5, 0.6) is 0 Å². The minimum atomic E-state index is -3.52. The van der Waals surface area contributed by atoms with Crippen LogP contribution in [-0.2, 0) is 16.4 Å². The Hall–Kier alpha value is -2.26. The van der Waals surface area contributed by atoms with E-state index >= 15 is 0 Å². The number of benzene rings is 1. The molecule has 0 fully saturated rings. The third-order valence-corrected chi connectivity index (χ3v) is 4.68. The molecule has 28 heavy (non-hydrogen) atoms. The molecule has 8 nitrogen and oxygen atoms in total. The fraction of sp³-hybridized carbons (Fsp3) is 0.526. The number of anilines is 2. The lowest BCUT2D eigenvalue weighted by Gasteiger charge is -2.19. The largest absolute Gasteiger partial charge is 0.394 e. The van der Waals surface area contributed by atoms with Gasteiger partial charge in [0.1, 0.15) is 5.82 Å². The number of hydrogen-bond donors (Lipinski definition) is 3. The summed E-state index contributed by atoms with van der Waals surface area (Å²) in [5.41, 5.74) is 1.14. The Morgan fingerprint density at radius 1 is 1.04 bits per heavy atom. The molecule has 154 valence electrons. The molecule has 0 radical (unpaired) electrons. The zero-order chi connectivity index (χ0) is 20.7. The third kappa shape index (κ3) is 7.40. The normalized spacial score (nSPS) is 13.9. The van der Waals surface area contributed by atoms with E-state index in [1.54, 1.807) is 0 Å². The van der Waals surface area contributed by atoms with Gasteiger partial charge in [0.2, 0.25) is 21.9 Å². The molecule has 0 aliphatic heterocycles. The van der Waals surface area contributed by atoms with Crippen molar-refractivity contribution < 1.29 is 13.5 Å². The van der Waals surface area contributed by atoms with E-state index in [0.29, 0.717) is 18.2 Å². The second-order valence-electron chi connectivity index (χ2n) is 7.44. The molecule has 0 bridgehead atoms. The Morgan fingerprint density at radius 2 is 1.68 bits per heavy atom. The van der Waals surface area contributed by atoms with Gasteiger partial charge >= 0.3 is 0 Å². The Labute approximate surface area is 166 Å². The van der Waals surface area contributed by atoms with E-state index < -0.39 is 10.0 Å². The monoisotopic (exact) mass is 407 g/mol. The number of sulfonamides is 1. The topological polar surface area (TPSA) is 117 Å². The number of hydrogen-bond acceptors (Lipinski definition) is 7. The standard InChI is InChI=1S/C19H29N5O3S/c1-13(2)10-16(12-25)20-18-21-17(22-19(23-18)24-28(4,26)27)11-14(3)15-8-6-5-7-9-15/h5-9,13-14,16,25H,10-12H2,1-4H3,(H2,20,21,22,23,24)/t14?,16-/m1/s1. The Kier molecular flexibility index (Phi) is 7.70. The van der Waals surface area contributed by atoms with Crippen molar-refractivity contribution in [2.45, 2.75) is 45.6 Å². The quantitative estimate of drug-likeness (QED) is 0.553. The highest BCUT2D eigenvalue weighted by molar-refractivity contribution is 7.91. The zero-order valence-corrected chi connectivity index (χ0v) is 17.6. The van der Waals surface area contributed by atoms with Crippen molar-refractivity contribution in [2.75, 3.05) is 22.9 Å². The van der Waals surface area contributed by atoms with Crippen molar-refractivity contribution in [1.29, 1.82) is 0 Å². The summed E-state index contributed by atoms with van der Waals surface area (Å²) in [6.45, 7) is 6.10. The average molecular weight is 408 g/mol. The van der Waals surface area contributed by atoms with Gasteiger partial charge in [-0.25, -0.2) is 8.42 Å². The maximum atomic E-state index is 11.6. The number of aliphatic hydroxyl groups is 1. The van der Waals surface area contributed by atoms with Crippen LogP contribution in [0.4, 0.5) is 11.9 Å². The summed E-state index contributed by atoms with van der Waals surface area (Å²) in [6, 6.07) is 9.74. The molecule has 2 aromatic rings. The first kappa shape index (κ1) is 22.0. The first-order valence-corrected chi connectivity index (χ1v) is 11.2. The lowest BCUT2D eigenvalue weighted by atomic mass is 9.98. The molecule has 1 aromatic heterocycles. The summed E-state index contributed by atoms with van der Waals surface area (Å²) in [7, 11) is -3.52. The number of nitrogens with zero attached hydrogens (tertiary/aromatic N) is 3. The molecule has 0 spiro atoms. The first-order chi connectivity index (χ1) is 13.2. The van der Waals surface area contributed by atoms with Crippen molar-refractivity contribution in [3.05, 3.63) is 41.7 Å². The van der Waals surface area contributed by atoms with Crippen LogP contribution in [0.3, 0.4) is 0 Å². The van der Waals surface area contributed by atoms with Gasteiger partial charge in [-0.2, -0.15) is 15.0 Å². The fourth-order valence-electron chi connectivity index (χ4n) is 2.89. The van der Waals surface area contributed by atoms with Crippen LogP contribution >= 0.6 is 0 Å². The number of aromatic nitrogens is 3. The molecule has 0 saturated carbocycles. The zero-order valence-electron chi connectivity index (χ0n) is 16.8. The van der Waals surface area contributed by atoms with Gasteiger partial charge in [0.25, 0.3) is 0 Å². The van der Waals surface area contributed by atoms with Crippen LogP contribution in [-0.4, -0.2) is 47.4 Å². The van der Waals surface area contributed by atoms with Crippen molar-refractivity contribution in [1.82, 2.24) is 15.0 Å². The lowest BCUT2D eigenvalue weighted by molar-refractivity contribution is 0.259. The number of aliphatic hydroxyl groups excluding tert-OH is 1. The first-order valence-electron chi connectivity index (χ1n) is 9.31. The van der Waals surface area contributed by atoms with Crippen molar-refractivity contribution in [3.63, 3.8) is 0 Å². The molecule has 0 aliphatic carbocycles. The predicted octanol–water partition coefficient (Wildman–Crippen LogP) is 2.41. The summed E-state index contributed by atoms with van der Waals surface area (Å²) in [6.07, 6.45) is 2.30. The molecule has 1 unspecified atom stereocenters. The van der Waals surface area contributed by atoms with Gasteiger partial charge in [0.15, 0.2) is 0 Å². The Morgan fingerprint density at radius 3 is 2.25 bits per heavy atom. The second kappa shape index (κ2) is 9.79. The van der Waals surface area contributed by atoms with Crippen molar-refractivity contribution in [2.24, 2.45) is 5.92 Å².